The SMILES string of the molecule is CCN(CCCBr)C(=O)c1cccc(F)c1Cl. The van der Waals surface area contributed by atoms with Crippen molar-refractivity contribution in [1.82, 2.24) is 4.90 Å². The number of halogens is 3. The first-order valence-electron chi connectivity index (χ1n) is 5.41. The Morgan fingerprint density at radius 1 is 1.53 bits per heavy atom. The maximum absolute atomic E-state index is 13.2. The maximum atomic E-state index is 13.2. The van der Waals surface area contributed by atoms with Gasteiger partial charge in [0.1, 0.15) is 5.82 Å². The second-order valence-electron chi connectivity index (χ2n) is 3.53. The maximum Gasteiger partial charge on any atom is 0.255 e. The van der Waals surface area contributed by atoms with Crippen LogP contribution in [-0.2, 0) is 0 Å². The van der Waals surface area contributed by atoms with E-state index in [1.165, 1.54) is 12.1 Å². The van der Waals surface area contributed by atoms with Gasteiger partial charge in [0.05, 0.1) is 10.6 Å². The van der Waals surface area contributed by atoms with Crippen LogP contribution in [0.4, 0.5) is 4.39 Å². The standard InChI is InChI=1S/C12H14BrClFNO/c1-2-16(8-4-7-13)12(17)9-5-3-6-10(15)11(9)14/h3,5-6H,2,4,7-8H2,1H3. The highest BCUT2D eigenvalue weighted by atomic mass is 79.9. The summed E-state index contributed by atoms with van der Waals surface area (Å²) in [4.78, 5) is 13.8. The molecule has 0 N–H and O–H groups in total. The van der Waals surface area contributed by atoms with Crippen LogP contribution in [0.25, 0.3) is 0 Å². The van der Waals surface area contributed by atoms with E-state index in [0.29, 0.717) is 13.1 Å². The van der Waals surface area contributed by atoms with Crippen molar-refractivity contribution >= 4 is 33.4 Å². The van der Waals surface area contributed by atoms with Crippen molar-refractivity contribution in [3.05, 3.63) is 34.6 Å². The van der Waals surface area contributed by atoms with E-state index in [1.807, 2.05) is 6.92 Å². The van der Waals surface area contributed by atoms with Gasteiger partial charge in [-0.2, -0.15) is 0 Å². The Bertz CT molecular complexity index is 400. The van der Waals surface area contributed by atoms with Crippen LogP contribution in [0.15, 0.2) is 18.2 Å². The quantitative estimate of drug-likeness (QED) is 0.757. The summed E-state index contributed by atoms with van der Waals surface area (Å²) in [6.45, 7) is 3.10. The van der Waals surface area contributed by atoms with Crippen molar-refractivity contribution < 1.29 is 9.18 Å². The van der Waals surface area contributed by atoms with Gasteiger partial charge in [0, 0.05) is 18.4 Å². The molecule has 2 nitrogen and oxygen atoms in total. The van der Waals surface area contributed by atoms with Crippen LogP contribution in [0.3, 0.4) is 0 Å². The molecule has 1 amide bonds. The van der Waals surface area contributed by atoms with Crippen LogP contribution in [0.5, 0.6) is 0 Å². The van der Waals surface area contributed by atoms with Crippen molar-refractivity contribution in [1.29, 1.82) is 0 Å². The molecule has 0 aliphatic rings. The van der Waals surface area contributed by atoms with Crippen molar-refractivity contribution in [2.24, 2.45) is 0 Å². The largest absolute Gasteiger partial charge is 0.339 e. The third-order valence-electron chi connectivity index (χ3n) is 2.41. The number of alkyl halides is 1. The van der Waals surface area contributed by atoms with Crippen molar-refractivity contribution in [2.75, 3.05) is 18.4 Å². The van der Waals surface area contributed by atoms with Gasteiger partial charge in [0.15, 0.2) is 0 Å². The van der Waals surface area contributed by atoms with E-state index in [2.05, 4.69) is 15.9 Å². The molecule has 0 heterocycles. The highest BCUT2D eigenvalue weighted by Gasteiger charge is 2.18. The summed E-state index contributed by atoms with van der Waals surface area (Å²) >= 11 is 9.11. The Balaban J connectivity index is 2.90. The Morgan fingerprint density at radius 2 is 2.24 bits per heavy atom. The zero-order valence-electron chi connectivity index (χ0n) is 9.55. The predicted octanol–water partition coefficient (Wildman–Crippen LogP) is 3.73. The zero-order valence-corrected chi connectivity index (χ0v) is 11.9. The Kier molecular flexibility index (Phi) is 5.92. The van der Waals surface area contributed by atoms with E-state index in [1.54, 1.807) is 11.0 Å². The zero-order chi connectivity index (χ0) is 12.8. The van der Waals surface area contributed by atoms with Gasteiger partial charge >= 0.3 is 0 Å². The molecule has 1 aromatic carbocycles. The van der Waals surface area contributed by atoms with Crippen LogP contribution in [-0.4, -0.2) is 29.2 Å². The number of hydrogen-bond donors (Lipinski definition) is 0. The van der Waals surface area contributed by atoms with Gasteiger partial charge in [-0.15, -0.1) is 0 Å². The molecule has 1 aromatic rings. The van der Waals surface area contributed by atoms with Gasteiger partial charge in [0.2, 0.25) is 0 Å². The molecule has 0 aromatic heterocycles. The topological polar surface area (TPSA) is 20.3 Å². The number of nitrogens with zero attached hydrogens (tertiary/aromatic N) is 1. The predicted molar refractivity (Wildman–Crippen MR) is 71.4 cm³/mol. The summed E-state index contributed by atoms with van der Waals surface area (Å²) in [7, 11) is 0. The third-order valence-corrected chi connectivity index (χ3v) is 3.36. The first-order chi connectivity index (χ1) is 8.11. The highest BCUT2D eigenvalue weighted by molar-refractivity contribution is 9.09. The molecule has 0 aliphatic heterocycles. The van der Waals surface area contributed by atoms with E-state index in [0.717, 1.165) is 11.8 Å². The molecule has 0 fully saturated rings. The average molecular weight is 323 g/mol. The minimum atomic E-state index is -0.561. The number of amides is 1. The molecular formula is C12H14BrClFNO. The van der Waals surface area contributed by atoms with E-state index in [9.17, 15) is 9.18 Å². The lowest BCUT2D eigenvalue weighted by atomic mass is 10.2. The second kappa shape index (κ2) is 6.97. The van der Waals surface area contributed by atoms with Crippen molar-refractivity contribution in [2.45, 2.75) is 13.3 Å². The summed E-state index contributed by atoms with van der Waals surface area (Å²) in [5.41, 5.74) is 0.225. The normalized spacial score (nSPS) is 10.4. The Morgan fingerprint density at radius 3 is 2.82 bits per heavy atom. The molecule has 0 radical (unpaired) electrons. The number of carbonyl (C=O) groups is 1. The smallest absolute Gasteiger partial charge is 0.255 e. The van der Waals surface area contributed by atoms with Crippen LogP contribution in [0.2, 0.25) is 5.02 Å². The highest BCUT2D eigenvalue weighted by Crippen LogP contribution is 2.21. The molecule has 0 saturated heterocycles. The minimum absolute atomic E-state index is 0.102. The van der Waals surface area contributed by atoms with Gasteiger partial charge in [-0.25, -0.2) is 4.39 Å². The first-order valence-corrected chi connectivity index (χ1v) is 6.91. The monoisotopic (exact) mass is 321 g/mol. The van der Waals surface area contributed by atoms with E-state index < -0.39 is 5.82 Å². The fourth-order valence-electron chi connectivity index (χ4n) is 1.49. The lowest BCUT2D eigenvalue weighted by Crippen LogP contribution is -2.32. The summed E-state index contributed by atoms with van der Waals surface area (Å²) in [5, 5.41) is 0.725. The average Bonchev–Trinajstić information content (AvgIpc) is 2.33. The number of rotatable bonds is 5. The molecule has 94 valence electrons. The summed E-state index contributed by atoms with van der Waals surface area (Å²) in [5.74, 6) is -0.785. The van der Waals surface area contributed by atoms with Crippen molar-refractivity contribution in [3.8, 4) is 0 Å². The Labute approximate surface area is 114 Å². The summed E-state index contributed by atoms with van der Waals surface area (Å²) < 4.78 is 13.2. The van der Waals surface area contributed by atoms with Crippen LogP contribution in [0, 0.1) is 5.82 Å². The molecule has 0 saturated carbocycles. The number of hydrogen-bond acceptors (Lipinski definition) is 1. The van der Waals surface area contributed by atoms with Crippen LogP contribution in [0.1, 0.15) is 23.7 Å². The summed E-state index contributed by atoms with van der Waals surface area (Å²) in [6.07, 6.45) is 0.854. The first kappa shape index (κ1) is 14.5. The fourth-order valence-corrected chi connectivity index (χ4v) is 1.95. The molecule has 0 spiro atoms. The molecule has 0 unspecified atom stereocenters. The van der Waals surface area contributed by atoms with Crippen LogP contribution < -0.4 is 0 Å². The number of benzene rings is 1. The molecule has 0 aliphatic carbocycles. The Hall–Kier alpha value is -0.610. The van der Waals surface area contributed by atoms with E-state index in [-0.39, 0.29) is 16.5 Å². The van der Waals surface area contributed by atoms with E-state index in [4.69, 9.17) is 11.6 Å². The van der Waals surface area contributed by atoms with E-state index >= 15 is 0 Å². The van der Waals surface area contributed by atoms with Gasteiger partial charge < -0.3 is 4.90 Å². The second-order valence-corrected chi connectivity index (χ2v) is 4.70. The lowest BCUT2D eigenvalue weighted by Gasteiger charge is -2.21. The molecule has 17 heavy (non-hydrogen) atoms. The molecule has 0 atom stereocenters. The third kappa shape index (κ3) is 3.68. The van der Waals surface area contributed by atoms with Crippen LogP contribution >= 0.6 is 27.5 Å². The molecule has 5 heteroatoms. The van der Waals surface area contributed by atoms with Gasteiger partial charge in [0.25, 0.3) is 5.91 Å². The minimum Gasteiger partial charge on any atom is -0.339 e. The molecule has 1 rings (SSSR count). The lowest BCUT2D eigenvalue weighted by molar-refractivity contribution is 0.0765. The summed E-state index contributed by atoms with van der Waals surface area (Å²) in [6, 6.07) is 4.28. The van der Waals surface area contributed by atoms with Gasteiger partial charge in [-0.1, -0.05) is 33.6 Å². The van der Waals surface area contributed by atoms with Crippen molar-refractivity contribution in [3.63, 3.8) is 0 Å². The van der Waals surface area contributed by atoms with Gasteiger partial charge in [-0.3, -0.25) is 4.79 Å². The molecular weight excluding hydrogens is 308 g/mol. The van der Waals surface area contributed by atoms with Gasteiger partial charge in [-0.05, 0) is 25.5 Å². The fraction of sp³-hybridized carbons (Fsp3) is 0.417. The number of carbonyl (C=O) groups excluding carboxylic acids is 1. The molecule has 0 bridgehead atoms.